The van der Waals surface area contributed by atoms with Crippen molar-refractivity contribution in [3.63, 3.8) is 0 Å². The number of hydrogen-bond acceptors (Lipinski definition) is 3. The molecule has 0 radical (unpaired) electrons. The second-order valence-corrected chi connectivity index (χ2v) is 7.26. The Bertz CT molecular complexity index is 500. The molecule has 0 atom stereocenters. The van der Waals surface area contributed by atoms with Crippen molar-refractivity contribution in [2.24, 2.45) is 5.92 Å². The fraction of sp³-hybridized carbons (Fsp3) is 0.455. The lowest BCUT2D eigenvalue weighted by Gasteiger charge is -2.19. The highest BCUT2D eigenvalue weighted by Crippen LogP contribution is 2.24. The Morgan fingerprint density at radius 1 is 1.41 bits per heavy atom. The number of nitrogens with two attached hydrogens (primary N) is 1. The van der Waals surface area contributed by atoms with Gasteiger partial charge in [-0.1, -0.05) is 13.8 Å². The molecule has 2 N–H and O–H groups in total. The molecule has 0 saturated carbocycles. The molecule has 0 bridgehead atoms. The van der Waals surface area contributed by atoms with Crippen LogP contribution in [0.4, 0.5) is 5.69 Å². The highest BCUT2D eigenvalue weighted by Gasteiger charge is 2.21. The molecule has 17 heavy (non-hydrogen) atoms. The zero-order valence-electron chi connectivity index (χ0n) is 10.1. The van der Waals surface area contributed by atoms with Crippen molar-refractivity contribution in [1.82, 2.24) is 4.31 Å². The van der Waals surface area contributed by atoms with Gasteiger partial charge in [-0.25, -0.2) is 12.7 Å². The Kier molecular flexibility index (Phi) is 4.57. The summed E-state index contributed by atoms with van der Waals surface area (Å²) in [4.78, 5) is 0.252. The first-order valence-electron chi connectivity index (χ1n) is 5.26. The standard InChI is InChI=1S/C11H17BrN2O2S/c1-8(2)7-14(3)17(15,16)9-4-5-11(13)10(12)6-9/h4-6,8H,7,13H2,1-3H3. The summed E-state index contributed by atoms with van der Waals surface area (Å²) < 4.78 is 26.3. The van der Waals surface area contributed by atoms with Gasteiger partial charge in [-0.05, 0) is 40.0 Å². The minimum absolute atomic E-state index is 0.252. The fourth-order valence-electron chi connectivity index (χ4n) is 1.46. The van der Waals surface area contributed by atoms with Gasteiger partial charge in [-0.15, -0.1) is 0 Å². The molecule has 0 spiro atoms. The lowest BCUT2D eigenvalue weighted by atomic mass is 10.2. The van der Waals surface area contributed by atoms with Gasteiger partial charge in [0.1, 0.15) is 0 Å². The number of rotatable bonds is 4. The zero-order valence-corrected chi connectivity index (χ0v) is 12.5. The average molecular weight is 321 g/mol. The third-order valence-electron chi connectivity index (χ3n) is 2.30. The van der Waals surface area contributed by atoms with E-state index in [1.54, 1.807) is 13.1 Å². The first-order valence-corrected chi connectivity index (χ1v) is 7.50. The second-order valence-electron chi connectivity index (χ2n) is 4.36. The first-order chi connectivity index (χ1) is 7.75. The Hall–Kier alpha value is -0.590. The average Bonchev–Trinajstić information content (AvgIpc) is 2.20. The van der Waals surface area contributed by atoms with Gasteiger partial charge in [0.2, 0.25) is 10.0 Å². The van der Waals surface area contributed by atoms with Crippen LogP contribution in [0, 0.1) is 5.92 Å². The number of hydrogen-bond donors (Lipinski definition) is 1. The van der Waals surface area contributed by atoms with Crippen LogP contribution >= 0.6 is 15.9 Å². The largest absolute Gasteiger partial charge is 0.398 e. The van der Waals surface area contributed by atoms with Crippen LogP contribution in [0.3, 0.4) is 0 Å². The van der Waals surface area contributed by atoms with Crippen LogP contribution in [-0.2, 0) is 10.0 Å². The first kappa shape index (κ1) is 14.5. The highest BCUT2D eigenvalue weighted by molar-refractivity contribution is 9.10. The van der Waals surface area contributed by atoms with E-state index in [0.717, 1.165) is 0 Å². The van der Waals surface area contributed by atoms with Crippen LogP contribution in [0.25, 0.3) is 0 Å². The number of halogens is 1. The second kappa shape index (κ2) is 5.37. The van der Waals surface area contributed by atoms with E-state index < -0.39 is 10.0 Å². The minimum atomic E-state index is -3.43. The smallest absolute Gasteiger partial charge is 0.242 e. The van der Waals surface area contributed by atoms with Gasteiger partial charge in [0.25, 0.3) is 0 Å². The molecule has 4 nitrogen and oxygen atoms in total. The van der Waals surface area contributed by atoms with Gasteiger partial charge >= 0.3 is 0 Å². The number of nitrogen functional groups attached to an aromatic ring is 1. The van der Waals surface area contributed by atoms with Crippen LogP contribution in [0.1, 0.15) is 13.8 Å². The molecule has 0 aliphatic carbocycles. The van der Waals surface area contributed by atoms with Crippen molar-refractivity contribution >= 4 is 31.6 Å². The van der Waals surface area contributed by atoms with E-state index in [1.807, 2.05) is 13.8 Å². The van der Waals surface area contributed by atoms with E-state index in [1.165, 1.54) is 16.4 Å². The molecule has 96 valence electrons. The molecule has 6 heteroatoms. The third-order valence-corrected chi connectivity index (χ3v) is 4.81. The van der Waals surface area contributed by atoms with E-state index in [4.69, 9.17) is 5.73 Å². The lowest BCUT2D eigenvalue weighted by Crippen LogP contribution is -2.30. The summed E-state index contributed by atoms with van der Waals surface area (Å²) in [6, 6.07) is 4.63. The predicted molar refractivity (Wildman–Crippen MR) is 73.2 cm³/mol. The molecule has 1 aromatic rings. The molecule has 0 fully saturated rings. The Morgan fingerprint density at radius 3 is 2.47 bits per heavy atom. The Morgan fingerprint density at radius 2 is 2.00 bits per heavy atom. The third kappa shape index (κ3) is 3.43. The van der Waals surface area contributed by atoms with Gasteiger partial charge in [-0.2, -0.15) is 0 Å². The van der Waals surface area contributed by atoms with Gasteiger partial charge in [0, 0.05) is 23.8 Å². The fourth-order valence-corrected chi connectivity index (χ4v) is 3.35. The molecule has 1 aromatic carbocycles. The molecule has 0 amide bonds. The molecule has 0 aromatic heterocycles. The molecular weight excluding hydrogens is 304 g/mol. The number of nitrogens with zero attached hydrogens (tertiary/aromatic N) is 1. The maximum atomic E-state index is 12.2. The summed E-state index contributed by atoms with van der Waals surface area (Å²) in [7, 11) is -1.84. The summed E-state index contributed by atoms with van der Waals surface area (Å²) in [5, 5.41) is 0. The van der Waals surface area contributed by atoms with Crippen LogP contribution in [0.2, 0.25) is 0 Å². The van der Waals surface area contributed by atoms with Crippen molar-refractivity contribution < 1.29 is 8.42 Å². The van der Waals surface area contributed by atoms with E-state index >= 15 is 0 Å². The van der Waals surface area contributed by atoms with E-state index in [9.17, 15) is 8.42 Å². The molecule has 0 aliphatic heterocycles. The van der Waals surface area contributed by atoms with Crippen molar-refractivity contribution in [2.45, 2.75) is 18.7 Å². The maximum Gasteiger partial charge on any atom is 0.242 e. The monoisotopic (exact) mass is 320 g/mol. The van der Waals surface area contributed by atoms with Gasteiger partial charge in [0.15, 0.2) is 0 Å². The van der Waals surface area contributed by atoms with Crippen LogP contribution in [0.15, 0.2) is 27.6 Å². The lowest BCUT2D eigenvalue weighted by molar-refractivity contribution is 0.417. The van der Waals surface area contributed by atoms with Crippen molar-refractivity contribution in [2.75, 3.05) is 19.3 Å². The van der Waals surface area contributed by atoms with E-state index in [-0.39, 0.29) is 10.8 Å². The summed E-state index contributed by atoms with van der Waals surface area (Å²) >= 11 is 3.23. The summed E-state index contributed by atoms with van der Waals surface area (Å²) in [6.07, 6.45) is 0. The molecule has 0 unspecified atom stereocenters. The Labute approximate surface area is 111 Å². The summed E-state index contributed by atoms with van der Waals surface area (Å²) in [5.74, 6) is 0.284. The summed E-state index contributed by atoms with van der Waals surface area (Å²) in [6.45, 7) is 4.44. The molecular formula is C11H17BrN2O2S. The Balaban J connectivity index is 3.09. The van der Waals surface area contributed by atoms with Crippen LogP contribution in [-0.4, -0.2) is 26.3 Å². The normalized spacial score (nSPS) is 12.4. The summed E-state index contributed by atoms with van der Waals surface area (Å²) in [5.41, 5.74) is 6.16. The SMILES string of the molecule is CC(C)CN(C)S(=O)(=O)c1ccc(N)c(Br)c1. The maximum absolute atomic E-state index is 12.2. The van der Waals surface area contributed by atoms with E-state index in [0.29, 0.717) is 16.7 Å². The molecule has 1 rings (SSSR count). The van der Waals surface area contributed by atoms with Crippen molar-refractivity contribution in [1.29, 1.82) is 0 Å². The number of anilines is 1. The number of benzene rings is 1. The highest BCUT2D eigenvalue weighted by atomic mass is 79.9. The van der Waals surface area contributed by atoms with Crippen LogP contribution in [0.5, 0.6) is 0 Å². The van der Waals surface area contributed by atoms with Gasteiger partial charge in [-0.3, -0.25) is 0 Å². The molecule has 0 heterocycles. The van der Waals surface area contributed by atoms with Crippen molar-refractivity contribution in [3.8, 4) is 0 Å². The van der Waals surface area contributed by atoms with Gasteiger partial charge < -0.3 is 5.73 Å². The minimum Gasteiger partial charge on any atom is -0.398 e. The topological polar surface area (TPSA) is 63.4 Å². The van der Waals surface area contributed by atoms with Crippen LogP contribution < -0.4 is 5.73 Å². The molecule has 0 aliphatic rings. The zero-order chi connectivity index (χ0) is 13.2. The predicted octanol–water partition coefficient (Wildman–Crippen LogP) is 2.31. The number of sulfonamides is 1. The molecule has 0 saturated heterocycles. The van der Waals surface area contributed by atoms with Gasteiger partial charge in [0.05, 0.1) is 4.90 Å². The van der Waals surface area contributed by atoms with Crippen molar-refractivity contribution in [3.05, 3.63) is 22.7 Å². The van der Waals surface area contributed by atoms with E-state index in [2.05, 4.69) is 15.9 Å². The quantitative estimate of drug-likeness (QED) is 0.866.